The minimum absolute atomic E-state index is 0.586. The summed E-state index contributed by atoms with van der Waals surface area (Å²) in [5, 5.41) is 7.90. The van der Waals surface area contributed by atoms with Crippen LogP contribution in [0.1, 0.15) is 38.6 Å². The maximum absolute atomic E-state index is 4.43. The van der Waals surface area contributed by atoms with E-state index in [-0.39, 0.29) is 0 Å². The smallest absolute Gasteiger partial charge is 0.0738 e. The molecule has 1 aromatic rings. The fourth-order valence-electron chi connectivity index (χ4n) is 2.35. The van der Waals surface area contributed by atoms with E-state index in [4.69, 9.17) is 0 Å². The van der Waals surface area contributed by atoms with Gasteiger partial charge in [-0.1, -0.05) is 13.8 Å². The van der Waals surface area contributed by atoms with E-state index in [0.717, 1.165) is 18.7 Å². The lowest BCUT2D eigenvalue weighted by atomic mass is 9.97. The van der Waals surface area contributed by atoms with Gasteiger partial charge in [0.25, 0.3) is 0 Å². The van der Waals surface area contributed by atoms with Gasteiger partial charge < -0.3 is 5.32 Å². The lowest BCUT2D eigenvalue weighted by Crippen LogP contribution is -2.28. The molecule has 2 atom stereocenters. The molecule has 0 aliphatic carbocycles. The van der Waals surface area contributed by atoms with Crippen molar-refractivity contribution in [2.45, 2.75) is 46.6 Å². The molecule has 1 aromatic heterocycles. The molecule has 17 heavy (non-hydrogen) atoms. The molecule has 98 valence electrons. The van der Waals surface area contributed by atoms with E-state index in [0.29, 0.717) is 12.0 Å². The van der Waals surface area contributed by atoms with Gasteiger partial charge in [-0.3, -0.25) is 4.68 Å². The highest BCUT2D eigenvalue weighted by Crippen LogP contribution is 2.24. The van der Waals surface area contributed by atoms with Crippen molar-refractivity contribution in [2.75, 3.05) is 6.54 Å². The second-order valence-electron chi connectivity index (χ2n) is 4.97. The Morgan fingerprint density at radius 1 is 1.41 bits per heavy atom. The zero-order chi connectivity index (χ0) is 13.0. The Bertz CT molecular complexity index is 360. The van der Waals surface area contributed by atoms with Crippen LogP contribution >= 0.6 is 15.9 Å². The standard InChI is InChI=1S/C13H24BrN3/c1-6-15-10(3)7-9(2)8-12-13(14)11(4)16-17(12)5/h9-10,15H,6-8H2,1-5H3. The number of halogens is 1. The quantitative estimate of drug-likeness (QED) is 0.875. The molecule has 0 aromatic carbocycles. The average Bonchev–Trinajstić information content (AvgIpc) is 2.45. The molecule has 2 unspecified atom stereocenters. The molecule has 0 radical (unpaired) electrons. The van der Waals surface area contributed by atoms with E-state index >= 15 is 0 Å². The van der Waals surface area contributed by atoms with Crippen molar-refractivity contribution in [1.82, 2.24) is 15.1 Å². The van der Waals surface area contributed by atoms with Gasteiger partial charge in [-0.05, 0) is 55.1 Å². The zero-order valence-corrected chi connectivity index (χ0v) is 13.1. The third kappa shape index (κ3) is 4.11. The van der Waals surface area contributed by atoms with Crippen LogP contribution in [0.15, 0.2) is 4.47 Å². The summed E-state index contributed by atoms with van der Waals surface area (Å²) in [6.07, 6.45) is 2.28. The highest BCUT2D eigenvalue weighted by Gasteiger charge is 2.15. The first-order valence-corrected chi connectivity index (χ1v) is 7.16. The van der Waals surface area contributed by atoms with Gasteiger partial charge in [-0.2, -0.15) is 5.10 Å². The van der Waals surface area contributed by atoms with Crippen LogP contribution in [0, 0.1) is 12.8 Å². The van der Waals surface area contributed by atoms with Crippen LogP contribution in [0.25, 0.3) is 0 Å². The first kappa shape index (κ1) is 14.7. The topological polar surface area (TPSA) is 29.9 Å². The Hall–Kier alpha value is -0.350. The van der Waals surface area contributed by atoms with Crippen molar-refractivity contribution >= 4 is 15.9 Å². The maximum Gasteiger partial charge on any atom is 0.0738 e. The number of hydrogen-bond acceptors (Lipinski definition) is 2. The van der Waals surface area contributed by atoms with Gasteiger partial charge in [0.05, 0.1) is 15.9 Å². The summed E-state index contributed by atoms with van der Waals surface area (Å²) in [4.78, 5) is 0. The van der Waals surface area contributed by atoms with E-state index in [1.165, 1.54) is 16.6 Å². The first-order chi connectivity index (χ1) is 7.95. The molecule has 1 heterocycles. The zero-order valence-electron chi connectivity index (χ0n) is 11.5. The lowest BCUT2D eigenvalue weighted by Gasteiger charge is -2.18. The van der Waals surface area contributed by atoms with Gasteiger partial charge in [0.15, 0.2) is 0 Å². The van der Waals surface area contributed by atoms with Crippen LogP contribution in [0.2, 0.25) is 0 Å². The molecule has 4 heteroatoms. The van der Waals surface area contributed by atoms with E-state index in [9.17, 15) is 0 Å². The van der Waals surface area contributed by atoms with Crippen LogP contribution in [-0.4, -0.2) is 22.4 Å². The number of aryl methyl sites for hydroxylation is 2. The molecule has 0 amide bonds. The fourth-order valence-corrected chi connectivity index (χ4v) is 2.85. The summed E-state index contributed by atoms with van der Waals surface area (Å²) < 4.78 is 3.16. The second kappa shape index (κ2) is 6.55. The molecule has 0 fully saturated rings. The Balaban J connectivity index is 2.58. The van der Waals surface area contributed by atoms with E-state index in [1.807, 2.05) is 18.7 Å². The summed E-state index contributed by atoms with van der Waals surface area (Å²) in [6, 6.07) is 0.586. The molecule has 0 saturated heterocycles. The molecule has 3 nitrogen and oxygen atoms in total. The molecular weight excluding hydrogens is 278 g/mol. The van der Waals surface area contributed by atoms with Gasteiger partial charge in [0.1, 0.15) is 0 Å². The molecule has 1 rings (SSSR count). The SMILES string of the molecule is CCNC(C)CC(C)Cc1c(Br)c(C)nn1C. The van der Waals surface area contributed by atoms with Crippen molar-refractivity contribution in [3.63, 3.8) is 0 Å². The molecule has 0 bridgehead atoms. The number of hydrogen-bond donors (Lipinski definition) is 1. The summed E-state index contributed by atoms with van der Waals surface area (Å²) in [7, 11) is 2.02. The Labute approximate surface area is 113 Å². The van der Waals surface area contributed by atoms with Crippen molar-refractivity contribution < 1.29 is 0 Å². The Kier molecular flexibility index (Phi) is 5.67. The third-order valence-corrected chi connectivity index (χ3v) is 4.14. The van der Waals surface area contributed by atoms with Crippen LogP contribution in [0.4, 0.5) is 0 Å². The van der Waals surface area contributed by atoms with Crippen LogP contribution in [-0.2, 0) is 13.5 Å². The summed E-state index contributed by atoms with van der Waals surface area (Å²) >= 11 is 3.63. The summed E-state index contributed by atoms with van der Waals surface area (Å²) in [6.45, 7) is 9.80. The normalized spacial score (nSPS) is 14.9. The van der Waals surface area contributed by atoms with E-state index in [1.54, 1.807) is 0 Å². The Morgan fingerprint density at radius 2 is 2.06 bits per heavy atom. The number of aromatic nitrogens is 2. The monoisotopic (exact) mass is 301 g/mol. The van der Waals surface area contributed by atoms with Crippen molar-refractivity contribution in [1.29, 1.82) is 0 Å². The van der Waals surface area contributed by atoms with Crippen LogP contribution < -0.4 is 5.32 Å². The number of rotatable bonds is 6. The summed E-state index contributed by atoms with van der Waals surface area (Å²) in [5.41, 5.74) is 2.38. The molecule has 1 N–H and O–H groups in total. The molecule has 0 aliphatic heterocycles. The molecule has 0 saturated carbocycles. The first-order valence-electron chi connectivity index (χ1n) is 6.37. The van der Waals surface area contributed by atoms with E-state index < -0.39 is 0 Å². The largest absolute Gasteiger partial charge is 0.315 e. The lowest BCUT2D eigenvalue weighted by molar-refractivity contribution is 0.418. The Morgan fingerprint density at radius 3 is 2.53 bits per heavy atom. The minimum Gasteiger partial charge on any atom is -0.315 e. The van der Waals surface area contributed by atoms with Crippen LogP contribution in [0.3, 0.4) is 0 Å². The van der Waals surface area contributed by atoms with Gasteiger partial charge in [0, 0.05) is 13.1 Å². The van der Waals surface area contributed by atoms with Gasteiger partial charge >= 0.3 is 0 Å². The highest BCUT2D eigenvalue weighted by atomic mass is 79.9. The number of nitrogens with one attached hydrogen (secondary N) is 1. The van der Waals surface area contributed by atoms with Crippen molar-refractivity contribution in [3.8, 4) is 0 Å². The predicted octanol–water partition coefficient (Wildman–Crippen LogP) is 3.06. The third-order valence-electron chi connectivity index (χ3n) is 3.11. The molecule has 0 aliphatic rings. The number of nitrogens with zero attached hydrogens (tertiary/aromatic N) is 2. The maximum atomic E-state index is 4.43. The second-order valence-corrected chi connectivity index (χ2v) is 5.77. The van der Waals surface area contributed by atoms with Crippen molar-refractivity contribution in [2.24, 2.45) is 13.0 Å². The van der Waals surface area contributed by atoms with Gasteiger partial charge in [0.2, 0.25) is 0 Å². The summed E-state index contributed by atoms with van der Waals surface area (Å²) in [5.74, 6) is 0.662. The van der Waals surface area contributed by atoms with Crippen LogP contribution in [0.5, 0.6) is 0 Å². The minimum atomic E-state index is 0.586. The molecular formula is C13H24BrN3. The van der Waals surface area contributed by atoms with Gasteiger partial charge in [-0.15, -0.1) is 0 Å². The molecule has 0 spiro atoms. The average molecular weight is 302 g/mol. The fraction of sp³-hybridized carbons (Fsp3) is 0.769. The highest BCUT2D eigenvalue weighted by molar-refractivity contribution is 9.10. The van der Waals surface area contributed by atoms with Crippen molar-refractivity contribution in [3.05, 3.63) is 15.9 Å². The predicted molar refractivity (Wildman–Crippen MR) is 76.3 cm³/mol. The van der Waals surface area contributed by atoms with Gasteiger partial charge in [-0.25, -0.2) is 0 Å². The van der Waals surface area contributed by atoms with E-state index in [2.05, 4.69) is 47.1 Å².